The third-order valence-electron chi connectivity index (χ3n) is 6.26. The van der Waals surface area contributed by atoms with Gasteiger partial charge in [-0.15, -0.1) is 0 Å². The molecule has 1 saturated carbocycles. The van der Waals surface area contributed by atoms with E-state index in [1.165, 1.54) is 17.4 Å². The lowest BCUT2D eigenvalue weighted by molar-refractivity contribution is -0.117. The second-order valence-corrected chi connectivity index (χ2v) is 9.76. The number of amides is 1. The molecule has 1 aliphatic heterocycles. The summed E-state index contributed by atoms with van der Waals surface area (Å²) in [4.78, 5) is 33.8. The predicted molar refractivity (Wildman–Crippen MR) is 137 cm³/mol. The van der Waals surface area contributed by atoms with Crippen LogP contribution in [-0.4, -0.2) is 69.1 Å². The van der Waals surface area contributed by atoms with E-state index in [2.05, 4.69) is 37.4 Å². The molecule has 1 aliphatic carbocycles. The van der Waals surface area contributed by atoms with Crippen LogP contribution in [0.5, 0.6) is 0 Å². The molecule has 1 saturated heterocycles. The van der Waals surface area contributed by atoms with Gasteiger partial charge >= 0.3 is 0 Å². The van der Waals surface area contributed by atoms with E-state index in [1.54, 1.807) is 6.20 Å². The van der Waals surface area contributed by atoms with E-state index in [1.807, 2.05) is 18.2 Å². The zero-order chi connectivity index (χ0) is 24.0. The summed E-state index contributed by atoms with van der Waals surface area (Å²) in [6.07, 6.45) is 7.11. The van der Waals surface area contributed by atoms with Gasteiger partial charge in [-0.25, -0.2) is 15.0 Å². The maximum Gasteiger partial charge on any atom is 0.243 e. The molecule has 0 bridgehead atoms. The molecule has 10 nitrogen and oxygen atoms in total. The first-order valence-corrected chi connectivity index (χ1v) is 12.8. The monoisotopic (exact) mass is 494 g/mol. The summed E-state index contributed by atoms with van der Waals surface area (Å²) in [5.74, 6) is 1.06. The number of thiazole rings is 1. The van der Waals surface area contributed by atoms with Gasteiger partial charge in [0.1, 0.15) is 16.2 Å². The number of hydrogen-bond acceptors (Lipinski definition) is 10. The third kappa shape index (κ3) is 6.11. The number of nitrogens with zero attached hydrogens (tertiary/aromatic N) is 5. The van der Waals surface area contributed by atoms with Crippen molar-refractivity contribution in [3.05, 3.63) is 42.7 Å². The van der Waals surface area contributed by atoms with Crippen LogP contribution in [0.1, 0.15) is 31.4 Å². The van der Waals surface area contributed by atoms with Gasteiger partial charge in [0.2, 0.25) is 11.9 Å². The Bertz CT molecular complexity index is 1150. The van der Waals surface area contributed by atoms with E-state index in [9.17, 15) is 4.79 Å². The van der Waals surface area contributed by atoms with Crippen LogP contribution in [0.2, 0.25) is 0 Å². The molecule has 2 fully saturated rings. The molecule has 35 heavy (non-hydrogen) atoms. The topological polar surface area (TPSA) is 117 Å². The quantitative estimate of drug-likeness (QED) is 0.406. The number of morpholine rings is 1. The molecule has 5 rings (SSSR count). The van der Waals surface area contributed by atoms with Crippen LogP contribution in [0.15, 0.2) is 37.1 Å². The molecule has 2 atom stereocenters. The number of nitrogens with one attached hydrogen (secondary N) is 3. The molecule has 4 heterocycles. The molecular weight excluding hydrogens is 464 g/mol. The number of pyridine rings is 1. The largest absolute Gasteiger partial charge is 0.379 e. The second-order valence-electron chi connectivity index (χ2n) is 8.78. The zero-order valence-corrected chi connectivity index (χ0v) is 20.4. The summed E-state index contributed by atoms with van der Waals surface area (Å²) in [7, 11) is 0. The van der Waals surface area contributed by atoms with Crippen molar-refractivity contribution >= 4 is 44.5 Å². The molecule has 3 N–H and O–H groups in total. The maximum atomic E-state index is 12.0. The Balaban J connectivity index is 1.39. The van der Waals surface area contributed by atoms with Crippen molar-refractivity contribution in [1.29, 1.82) is 0 Å². The van der Waals surface area contributed by atoms with Crippen molar-refractivity contribution in [3.8, 4) is 0 Å². The summed E-state index contributed by atoms with van der Waals surface area (Å²) in [5.41, 5.74) is 1.76. The number of carbonyl (C=O) groups is 1. The van der Waals surface area contributed by atoms with E-state index in [0.717, 1.165) is 73.2 Å². The lowest BCUT2D eigenvalue weighted by Gasteiger charge is -2.32. The second kappa shape index (κ2) is 11.1. The SMILES string of the molecule is C=CC(=O)N[C@H]1CCCC[C@H]1Nc1nc(CN2CCOCC2)cc(Nc2nc3cccnc3s2)n1. The van der Waals surface area contributed by atoms with Crippen LogP contribution in [0.4, 0.5) is 16.9 Å². The summed E-state index contributed by atoms with van der Waals surface area (Å²) in [6, 6.07) is 5.85. The number of rotatable bonds is 8. The molecule has 11 heteroatoms. The molecule has 0 spiro atoms. The first kappa shape index (κ1) is 23.6. The van der Waals surface area contributed by atoms with Crippen molar-refractivity contribution in [1.82, 2.24) is 30.2 Å². The number of anilines is 3. The fourth-order valence-corrected chi connectivity index (χ4v) is 5.33. The standard InChI is InChI=1S/C24H30N8O2S/c1-2-21(33)27-17-6-3-4-7-18(17)28-23-26-16(15-32-10-12-34-13-11-32)14-20(30-23)31-24-29-19-8-5-9-25-22(19)35-24/h2,5,8-9,14,17-18H,1,3-4,6-7,10-13,15H2,(H,27,33)(H2,26,28,29,30,31)/t17-,18+/m0/s1. The summed E-state index contributed by atoms with van der Waals surface area (Å²) < 4.78 is 5.49. The maximum absolute atomic E-state index is 12.0. The van der Waals surface area contributed by atoms with Crippen molar-refractivity contribution in [2.24, 2.45) is 0 Å². The fourth-order valence-electron chi connectivity index (χ4n) is 4.51. The number of aromatic nitrogens is 4. The van der Waals surface area contributed by atoms with E-state index in [0.29, 0.717) is 18.3 Å². The minimum absolute atomic E-state index is 0.00694. The molecule has 1 amide bonds. The van der Waals surface area contributed by atoms with Gasteiger partial charge in [-0.2, -0.15) is 4.98 Å². The van der Waals surface area contributed by atoms with Gasteiger partial charge < -0.3 is 20.7 Å². The van der Waals surface area contributed by atoms with Crippen LogP contribution in [0, 0.1) is 0 Å². The highest BCUT2D eigenvalue weighted by molar-refractivity contribution is 7.21. The van der Waals surface area contributed by atoms with Gasteiger partial charge in [0.25, 0.3) is 0 Å². The normalized spacial score (nSPS) is 20.9. The number of hydrogen-bond donors (Lipinski definition) is 3. The minimum Gasteiger partial charge on any atom is -0.379 e. The third-order valence-corrected chi connectivity index (χ3v) is 7.16. The molecule has 2 aliphatic rings. The number of ether oxygens (including phenoxy) is 1. The van der Waals surface area contributed by atoms with Gasteiger partial charge in [0, 0.05) is 44.0 Å². The summed E-state index contributed by atoms with van der Waals surface area (Å²) in [5, 5.41) is 10.6. The van der Waals surface area contributed by atoms with Gasteiger partial charge in [0.15, 0.2) is 5.13 Å². The lowest BCUT2D eigenvalue weighted by atomic mass is 9.90. The van der Waals surface area contributed by atoms with Crippen molar-refractivity contribution in [2.75, 3.05) is 36.9 Å². The van der Waals surface area contributed by atoms with E-state index < -0.39 is 0 Å². The average Bonchev–Trinajstić information content (AvgIpc) is 3.28. The average molecular weight is 495 g/mol. The minimum atomic E-state index is -0.155. The Hall–Kier alpha value is -3.15. The number of fused-ring (bicyclic) bond motifs is 1. The van der Waals surface area contributed by atoms with Crippen molar-refractivity contribution < 1.29 is 9.53 Å². The van der Waals surface area contributed by atoms with E-state index in [4.69, 9.17) is 14.7 Å². The van der Waals surface area contributed by atoms with Gasteiger partial charge in [0.05, 0.1) is 18.9 Å². The van der Waals surface area contributed by atoms with Gasteiger partial charge in [-0.05, 0) is 31.1 Å². The summed E-state index contributed by atoms with van der Waals surface area (Å²) >= 11 is 1.49. The first-order chi connectivity index (χ1) is 17.2. The molecule has 0 unspecified atom stereocenters. The fraction of sp³-hybridized carbons (Fsp3) is 0.458. The van der Waals surface area contributed by atoms with Crippen LogP contribution < -0.4 is 16.0 Å². The Morgan fingerprint density at radius 1 is 1.20 bits per heavy atom. The first-order valence-electron chi connectivity index (χ1n) is 12.0. The van der Waals surface area contributed by atoms with Crippen LogP contribution >= 0.6 is 11.3 Å². The van der Waals surface area contributed by atoms with Crippen LogP contribution in [-0.2, 0) is 16.1 Å². The Labute approximate surface area is 208 Å². The highest BCUT2D eigenvalue weighted by atomic mass is 32.1. The smallest absolute Gasteiger partial charge is 0.243 e. The lowest BCUT2D eigenvalue weighted by Crippen LogP contribution is -2.48. The van der Waals surface area contributed by atoms with Crippen LogP contribution in [0.3, 0.4) is 0 Å². The zero-order valence-electron chi connectivity index (χ0n) is 19.6. The van der Waals surface area contributed by atoms with Crippen molar-refractivity contribution in [3.63, 3.8) is 0 Å². The molecule has 0 aromatic carbocycles. The van der Waals surface area contributed by atoms with Gasteiger partial charge in [-0.1, -0.05) is 30.8 Å². The predicted octanol–water partition coefficient (Wildman–Crippen LogP) is 3.08. The molecule has 3 aromatic rings. The van der Waals surface area contributed by atoms with Crippen molar-refractivity contribution in [2.45, 2.75) is 44.3 Å². The molecule has 3 aromatic heterocycles. The highest BCUT2D eigenvalue weighted by Crippen LogP contribution is 2.27. The van der Waals surface area contributed by atoms with Crippen LogP contribution in [0.25, 0.3) is 10.3 Å². The Morgan fingerprint density at radius 2 is 2.03 bits per heavy atom. The highest BCUT2D eigenvalue weighted by Gasteiger charge is 2.27. The summed E-state index contributed by atoms with van der Waals surface area (Å²) in [6.45, 7) is 7.49. The van der Waals surface area contributed by atoms with Gasteiger partial charge in [-0.3, -0.25) is 9.69 Å². The molecule has 184 valence electrons. The van der Waals surface area contributed by atoms with E-state index in [-0.39, 0.29) is 18.0 Å². The Kier molecular flexibility index (Phi) is 7.45. The van der Waals surface area contributed by atoms with E-state index >= 15 is 0 Å². The Morgan fingerprint density at radius 3 is 2.83 bits per heavy atom. The number of carbonyl (C=O) groups excluding carboxylic acids is 1. The molecular formula is C24H30N8O2S. The molecule has 0 radical (unpaired) electrons.